The van der Waals surface area contributed by atoms with Crippen molar-refractivity contribution in [3.05, 3.63) is 71.7 Å². The van der Waals surface area contributed by atoms with Crippen LogP contribution in [0.15, 0.2) is 64.4 Å². The van der Waals surface area contributed by atoms with Gasteiger partial charge >= 0.3 is 21.8 Å². The highest BCUT2D eigenvalue weighted by Gasteiger charge is 2.50. The second-order valence-corrected chi connectivity index (χ2v) is 7.77. The Hall–Kier alpha value is -3.68. The van der Waals surface area contributed by atoms with Crippen molar-refractivity contribution < 1.29 is 53.1 Å². The molecule has 3 aromatic rings. The van der Waals surface area contributed by atoms with Gasteiger partial charge in [0.15, 0.2) is 5.76 Å². The van der Waals surface area contributed by atoms with E-state index in [2.05, 4.69) is 4.28 Å². The SMILES string of the molecule is O=C(/C(=N/OS(=O)(=O)C(F)(F)F)C(F)(F)F)c1ccc(C(=O)c2ccco2)c2ccccc12. The molecule has 3 rings (SSSR count). The molecule has 0 atom stereocenters. The smallest absolute Gasteiger partial charge is 0.461 e. The molecular formula is C19H9F6NO6S. The average Bonchev–Trinajstić information content (AvgIpc) is 3.25. The fourth-order valence-corrected chi connectivity index (χ4v) is 2.97. The average molecular weight is 493 g/mol. The molecule has 0 bridgehead atoms. The van der Waals surface area contributed by atoms with E-state index in [0.717, 1.165) is 12.1 Å². The number of hydrogen-bond acceptors (Lipinski definition) is 7. The van der Waals surface area contributed by atoms with E-state index >= 15 is 0 Å². The first-order chi connectivity index (χ1) is 15.2. The molecule has 0 aliphatic rings. The topological polar surface area (TPSA) is 103 Å². The van der Waals surface area contributed by atoms with Crippen LogP contribution in [-0.4, -0.2) is 37.4 Å². The van der Waals surface area contributed by atoms with E-state index in [1.54, 1.807) is 0 Å². The molecule has 0 saturated heterocycles. The van der Waals surface area contributed by atoms with Gasteiger partial charge in [-0.3, -0.25) is 13.9 Å². The summed E-state index contributed by atoms with van der Waals surface area (Å²) >= 11 is 0. The van der Waals surface area contributed by atoms with Gasteiger partial charge in [0, 0.05) is 11.1 Å². The minimum absolute atomic E-state index is 0.0232. The highest BCUT2D eigenvalue weighted by molar-refractivity contribution is 7.87. The Morgan fingerprint density at radius 2 is 1.42 bits per heavy atom. The summed E-state index contributed by atoms with van der Waals surface area (Å²) in [5.74, 6) is -2.73. The van der Waals surface area contributed by atoms with Crippen molar-refractivity contribution in [2.75, 3.05) is 0 Å². The Kier molecular flexibility index (Phi) is 6.06. The van der Waals surface area contributed by atoms with Gasteiger partial charge < -0.3 is 4.42 Å². The molecule has 1 aromatic heterocycles. The molecular weight excluding hydrogens is 484 g/mol. The lowest BCUT2D eigenvalue weighted by atomic mass is 9.93. The minimum atomic E-state index is -6.55. The molecule has 14 heteroatoms. The van der Waals surface area contributed by atoms with Crippen molar-refractivity contribution in [3.63, 3.8) is 0 Å². The monoisotopic (exact) mass is 493 g/mol. The van der Waals surface area contributed by atoms with Gasteiger partial charge in [-0.1, -0.05) is 29.4 Å². The number of ketones is 2. The van der Waals surface area contributed by atoms with Crippen molar-refractivity contribution in [3.8, 4) is 0 Å². The van der Waals surface area contributed by atoms with Crippen LogP contribution in [-0.2, 0) is 14.4 Å². The summed E-state index contributed by atoms with van der Waals surface area (Å²) in [4.78, 5) is 25.2. The van der Waals surface area contributed by atoms with Gasteiger partial charge in [-0.15, -0.1) is 0 Å². The largest absolute Gasteiger partial charge is 0.536 e. The van der Waals surface area contributed by atoms with Crippen LogP contribution in [0.1, 0.15) is 26.5 Å². The number of nitrogens with zero attached hydrogens (tertiary/aromatic N) is 1. The van der Waals surface area contributed by atoms with E-state index in [4.69, 9.17) is 4.42 Å². The summed E-state index contributed by atoms with van der Waals surface area (Å²) in [5, 5.41) is 1.81. The van der Waals surface area contributed by atoms with Crippen LogP contribution in [0, 0.1) is 0 Å². The summed E-state index contributed by atoms with van der Waals surface area (Å²) in [6, 6.07) is 9.85. The number of furan rings is 1. The summed E-state index contributed by atoms with van der Waals surface area (Å²) < 4.78 is 107. The number of hydrogen-bond donors (Lipinski definition) is 0. The third kappa shape index (κ3) is 4.74. The first-order valence-electron chi connectivity index (χ1n) is 8.54. The lowest BCUT2D eigenvalue weighted by Gasteiger charge is -2.13. The Labute approximate surface area is 180 Å². The van der Waals surface area contributed by atoms with Crippen molar-refractivity contribution in [2.24, 2.45) is 5.16 Å². The molecule has 0 fully saturated rings. The molecule has 0 aliphatic heterocycles. The van der Waals surface area contributed by atoms with Crippen molar-refractivity contribution in [1.82, 2.24) is 0 Å². The molecule has 2 aromatic carbocycles. The summed E-state index contributed by atoms with van der Waals surface area (Å²) in [6.45, 7) is 0. The van der Waals surface area contributed by atoms with Crippen LogP contribution in [0.3, 0.4) is 0 Å². The van der Waals surface area contributed by atoms with Crippen molar-refractivity contribution >= 4 is 38.2 Å². The van der Waals surface area contributed by atoms with Crippen LogP contribution in [0.2, 0.25) is 0 Å². The lowest BCUT2D eigenvalue weighted by molar-refractivity contribution is -0.0635. The summed E-state index contributed by atoms with van der Waals surface area (Å²) in [7, 11) is -6.55. The number of benzene rings is 2. The number of halogens is 6. The first-order valence-corrected chi connectivity index (χ1v) is 9.94. The number of Topliss-reactive ketones (excluding diaryl/α,β-unsaturated/α-hetero) is 1. The van der Waals surface area contributed by atoms with Crippen LogP contribution in [0.4, 0.5) is 26.3 Å². The van der Waals surface area contributed by atoms with E-state index < -0.39 is 44.6 Å². The molecule has 1 heterocycles. The maximum atomic E-state index is 13.3. The van der Waals surface area contributed by atoms with Gasteiger partial charge in [0.25, 0.3) is 0 Å². The van der Waals surface area contributed by atoms with Gasteiger partial charge in [-0.2, -0.15) is 34.8 Å². The zero-order chi connectivity index (χ0) is 24.6. The molecule has 0 aliphatic carbocycles. The van der Waals surface area contributed by atoms with Gasteiger partial charge in [0.2, 0.25) is 17.3 Å². The highest BCUT2D eigenvalue weighted by atomic mass is 32.2. The molecule has 0 radical (unpaired) electrons. The maximum absolute atomic E-state index is 13.3. The van der Waals surface area contributed by atoms with Crippen LogP contribution in [0.5, 0.6) is 0 Å². The van der Waals surface area contributed by atoms with E-state index in [1.165, 1.54) is 42.7 Å². The number of rotatable bonds is 6. The quantitative estimate of drug-likeness (QED) is 0.163. The highest BCUT2D eigenvalue weighted by Crippen LogP contribution is 2.30. The number of oxime groups is 1. The molecule has 7 nitrogen and oxygen atoms in total. The first kappa shape index (κ1) is 24.0. The van der Waals surface area contributed by atoms with E-state index in [9.17, 15) is 44.3 Å². The zero-order valence-corrected chi connectivity index (χ0v) is 16.6. The Bertz CT molecular complexity index is 1360. The van der Waals surface area contributed by atoms with Crippen molar-refractivity contribution in [1.29, 1.82) is 0 Å². The zero-order valence-electron chi connectivity index (χ0n) is 15.8. The van der Waals surface area contributed by atoms with Crippen LogP contribution >= 0.6 is 0 Å². The van der Waals surface area contributed by atoms with Crippen LogP contribution < -0.4 is 0 Å². The Morgan fingerprint density at radius 3 is 1.94 bits per heavy atom. The predicted octanol–water partition coefficient (Wildman–Crippen LogP) is 4.63. The third-order valence-electron chi connectivity index (χ3n) is 4.15. The molecule has 0 amide bonds. The van der Waals surface area contributed by atoms with Gasteiger partial charge in [-0.25, -0.2) is 0 Å². The van der Waals surface area contributed by atoms with E-state index in [0.29, 0.717) is 0 Å². The third-order valence-corrected chi connectivity index (χ3v) is 4.99. The normalized spacial score (nSPS) is 13.2. The Balaban J connectivity index is 2.13. The Morgan fingerprint density at radius 1 is 0.848 bits per heavy atom. The molecule has 0 saturated carbocycles. The second kappa shape index (κ2) is 8.35. The predicted molar refractivity (Wildman–Crippen MR) is 100.0 cm³/mol. The molecule has 0 N–H and O–H groups in total. The number of alkyl halides is 6. The van der Waals surface area contributed by atoms with Gasteiger partial charge in [0.1, 0.15) is 0 Å². The number of fused-ring (bicyclic) bond motifs is 1. The van der Waals surface area contributed by atoms with Crippen molar-refractivity contribution in [2.45, 2.75) is 11.7 Å². The molecule has 0 spiro atoms. The standard InChI is InChI=1S/C19H9F6NO6S/c20-18(21,22)17(26-32-33(29,30)19(23,24)25)16(28)13-8-7-12(10-4-1-2-5-11(10)13)15(27)14-6-3-9-31-14/h1-9H/b26-17-. The number of carbonyl (C=O) groups is 2. The second-order valence-electron chi connectivity index (χ2n) is 6.25. The maximum Gasteiger partial charge on any atom is 0.536 e. The fourth-order valence-electron chi connectivity index (χ4n) is 2.71. The van der Waals surface area contributed by atoms with Gasteiger partial charge in [0.05, 0.1) is 6.26 Å². The minimum Gasteiger partial charge on any atom is -0.461 e. The van der Waals surface area contributed by atoms with Gasteiger partial charge in [-0.05, 0) is 35.0 Å². The molecule has 0 unspecified atom stereocenters. The summed E-state index contributed by atoms with van der Waals surface area (Å²) in [6.07, 6.45) is -4.46. The van der Waals surface area contributed by atoms with E-state index in [1.807, 2.05) is 5.16 Å². The van der Waals surface area contributed by atoms with E-state index in [-0.39, 0.29) is 22.1 Å². The molecule has 174 valence electrons. The fraction of sp³-hybridized carbons (Fsp3) is 0.105. The van der Waals surface area contributed by atoms with Crippen LogP contribution in [0.25, 0.3) is 10.8 Å². The number of carbonyl (C=O) groups excluding carboxylic acids is 2. The summed E-state index contributed by atoms with van der Waals surface area (Å²) in [5.41, 5.74) is -9.38. The lowest BCUT2D eigenvalue weighted by Crippen LogP contribution is -2.33. The molecule has 33 heavy (non-hydrogen) atoms.